The van der Waals surface area contributed by atoms with E-state index in [1.165, 1.54) is 0 Å². The van der Waals surface area contributed by atoms with Gasteiger partial charge in [-0.1, -0.05) is 0 Å². The van der Waals surface area contributed by atoms with Crippen molar-refractivity contribution in [3.05, 3.63) is 23.0 Å². The SMILES string of the molecule is O=C(O)Cc1c(CCl)ncc(OC(F)(F)F)c1C(F)F. The molecule has 1 aromatic rings. The first-order valence-electron chi connectivity index (χ1n) is 4.98. The number of hydrogen-bond donors (Lipinski definition) is 1. The van der Waals surface area contributed by atoms with Crippen LogP contribution in [0.15, 0.2) is 6.20 Å². The van der Waals surface area contributed by atoms with Crippen molar-refractivity contribution in [1.82, 2.24) is 4.98 Å². The molecule has 0 aliphatic heterocycles. The maximum Gasteiger partial charge on any atom is 0.573 e. The predicted molar refractivity (Wildman–Crippen MR) is 56.8 cm³/mol. The van der Waals surface area contributed by atoms with Crippen molar-refractivity contribution in [3.63, 3.8) is 0 Å². The fraction of sp³-hybridized carbons (Fsp3) is 0.400. The van der Waals surface area contributed by atoms with Gasteiger partial charge in [-0.25, -0.2) is 8.78 Å². The molecular weight excluding hydrogens is 313 g/mol. The van der Waals surface area contributed by atoms with E-state index in [1.807, 2.05) is 0 Å². The van der Waals surface area contributed by atoms with Crippen LogP contribution in [0.1, 0.15) is 23.2 Å². The number of carbonyl (C=O) groups is 1. The largest absolute Gasteiger partial charge is 0.573 e. The van der Waals surface area contributed by atoms with Gasteiger partial charge < -0.3 is 9.84 Å². The van der Waals surface area contributed by atoms with Crippen LogP contribution in [0.4, 0.5) is 22.0 Å². The van der Waals surface area contributed by atoms with E-state index >= 15 is 0 Å². The van der Waals surface area contributed by atoms with Gasteiger partial charge in [0.2, 0.25) is 0 Å². The molecule has 0 bridgehead atoms. The topological polar surface area (TPSA) is 59.4 Å². The molecule has 1 rings (SSSR count). The van der Waals surface area contributed by atoms with Gasteiger partial charge in [-0.15, -0.1) is 24.8 Å². The quantitative estimate of drug-likeness (QED) is 0.668. The zero-order valence-electron chi connectivity index (χ0n) is 9.55. The minimum atomic E-state index is -5.20. The summed E-state index contributed by atoms with van der Waals surface area (Å²) in [7, 11) is 0. The number of rotatable bonds is 5. The second-order valence-electron chi connectivity index (χ2n) is 3.51. The molecule has 1 aromatic heterocycles. The number of pyridine rings is 1. The third kappa shape index (κ3) is 4.19. The van der Waals surface area contributed by atoms with Crippen LogP contribution in [0.5, 0.6) is 5.75 Å². The molecule has 0 fully saturated rings. The lowest BCUT2D eigenvalue weighted by atomic mass is 10.0. The highest BCUT2D eigenvalue weighted by molar-refractivity contribution is 6.17. The van der Waals surface area contributed by atoms with Gasteiger partial charge in [-0.2, -0.15) is 0 Å². The highest BCUT2D eigenvalue weighted by Gasteiger charge is 2.35. The molecule has 0 aliphatic carbocycles. The lowest BCUT2D eigenvalue weighted by Crippen LogP contribution is -2.20. The maximum atomic E-state index is 12.9. The van der Waals surface area contributed by atoms with Crippen molar-refractivity contribution in [2.75, 3.05) is 0 Å². The van der Waals surface area contributed by atoms with Gasteiger partial charge >= 0.3 is 12.3 Å². The Bertz CT molecular complexity index is 506. The van der Waals surface area contributed by atoms with Crippen molar-refractivity contribution >= 4 is 17.6 Å². The summed E-state index contributed by atoms with van der Waals surface area (Å²) in [5, 5.41) is 8.64. The fourth-order valence-corrected chi connectivity index (χ4v) is 1.73. The Labute approximate surface area is 114 Å². The average Bonchev–Trinajstić information content (AvgIpc) is 2.25. The smallest absolute Gasteiger partial charge is 0.481 e. The molecule has 112 valence electrons. The monoisotopic (exact) mass is 319 g/mol. The first-order chi connectivity index (χ1) is 9.15. The molecule has 20 heavy (non-hydrogen) atoms. The molecule has 1 heterocycles. The Morgan fingerprint density at radius 1 is 1.45 bits per heavy atom. The van der Waals surface area contributed by atoms with E-state index < -0.39 is 47.9 Å². The normalized spacial score (nSPS) is 11.8. The molecule has 1 N–H and O–H groups in total. The van der Waals surface area contributed by atoms with E-state index in [9.17, 15) is 26.7 Å². The fourth-order valence-electron chi connectivity index (χ4n) is 1.50. The molecule has 0 amide bonds. The Morgan fingerprint density at radius 2 is 2.05 bits per heavy atom. The number of aliphatic carboxylic acids is 1. The number of carboxylic acid groups (broad SMARTS) is 1. The molecule has 0 saturated heterocycles. The first kappa shape index (κ1) is 16.4. The van der Waals surface area contributed by atoms with Crippen LogP contribution >= 0.6 is 11.6 Å². The number of halogens is 6. The number of ether oxygens (including phenoxy) is 1. The maximum absolute atomic E-state index is 12.9. The molecule has 0 unspecified atom stereocenters. The highest BCUT2D eigenvalue weighted by Crippen LogP contribution is 2.36. The molecule has 0 atom stereocenters. The zero-order chi connectivity index (χ0) is 15.5. The van der Waals surface area contributed by atoms with Gasteiger partial charge in [0.15, 0.2) is 5.75 Å². The van der Waals surface area contributed by atoms with Gasteiger partial charge in [-0.05, 0) is 5.56 Å². The summed E-state index contributed by atoms with van der Waals surface area (Å²) in [5.41, 5.74) is -1.99. The third-order valence-electron chi connectivity index (χ3n) is 2.18. The lowest BCUT2D eigenvalue weighted by molar-refractivity contribution is -0.275. The second-order valence-corrected chi connectivity index (χ2v) is 3.78. The Balaban J connectivity index is 3.43. The highest BCUT2D eigenvalue weighted by atomic mass is 35.5. The van der Waals surface area contributed by atoms with Crippen LogP contribution in [0.2, 0.25) is 0 Å². The van der Waals surface area contributed by atoms with Crippen LogP contribution in [0.3, 0.4) is 0 Å². The summed E-state index contributed by atoms with van der Waals surface area (Å²) in [6.45, 7) is 0. The van der Waals surface area contributed by atoms with E-state index in [-0.39, 0.29) is 5.69 Å². The van der Waals surface area contributed by atoms with E-state index in [1.54, 1.807) is 0 Å². The summed E-state index contributed by atoms with van der Waals surface area (Å²) >= 11 is 5.41. The summed E-state index contributed by atoms with van der Waals surface area (Å²) in [6.07, 6.45) is -9.07. The van der Waals surface area contributed by atoms with E-state index in [2.05, 4.69) is 9.72 Å². The van der Waals surface area contributed by atoms with Crippen molar-refractivity contribution in [3.8, 4) is 5.75 Å². The van der Waals surface area contributed by atoms with E-state index in [0.717, 1.165) is 0 Å². The van der Waals surface area contributed by atoms with Crippen LogP contribution < -0.4 is 4.74 Å². The molecule has 0 aliphatic rings. The van der Waals surface area contributed by atoms with Crippen molar-refractivity contribution in [1.29, 1.82) is 0 Å². The van der Waals surface area contributed by atoms with Crippen LogP contribution in [-0.2, 0) is 17.1 Å². The predicted octanol–water partition coefficient (Wildman–Crippen LogP) is 3.28. The van der Waals surface area contributed by atoms with Crippen molar-refractivity contribution < 1.29 is 36.6 Å². The first-order valence-corrected chi connectivity index (χ1v) is 5.51. The molecular formula is C10H7ClF5NO3. The number of hydrogen-bond acceptors (Lipinski definition) is 3. The minimum absolute atomic E-state index is 0.237. The Kier molecular flexibility index (Phi) is 5.09. The molecule has 0 radical (unpaired) electrons. The summed E-state index contributed by atoms with van der Waals surface area (Å²) in [5.74, 6) is -3.17. The number of carboxylic acids is 1. The van der Waals surface area contributed by atoms with Gasteiger partial charge in [0.25, 0.3) is 6.43 Å². The zero-order valence-corrected chi connectivity index (χ0v) is 10.3. The van der Waals surface area contributed by atoms with Crippen molar-refractivity contribution in [2.24, 2.45) is 0 Å². The van der Waals surface area contributed by atoms with E-state index in [4.69, 9.17) is 16.7 Å². The van der Waals surface area contributed by atoms with Crippen LogP contribution in [-0.4, -0.2) is 22.4 Å². The van der Waals surface area contributed by atoms with E-state index in [0.29, 0.717) is 6.20 Å². The summed E-state index contributed by atoms with van der Waals surface area (Å²) in [6, 6.07) is 0. The lowest BCUT2D eigenvalue weighted by Gasteiger charge is -2.17. The minimum Gasteiger partial charge on any atom is -0.481 e. The Hall–Kier alpha value is -1.64. The average molecular weight is 320 g/mol. The van der Waals surface area contributed by atoms with Crippen LogP contribution in [0.25, 0.3) is 0 Å². The third-order valence-corrected chi connectivity index (χ3v) is 2.43. The molecule has 0 spiro atoms. The summed E-state index contributed by atoms with van der Waals surface area (Å²) in [4.78, 5) is 14.1. The number of nitrogens with zero attached hydrogens (tertiary/aromatic N) is 1. The molecule has 0 saturated carbocycles. The van der Waals surface area contributed by atoms with Crippen LogP contribution in [0, 0.1) is 0 Å². The van der Waals surface area contributed by atoms with Gasteiger partial charge in [0.1, 0.15) is 0 Å². The molecule has 0 aromatic carbocycles. The second kappa shape index (κ2) is 6.21. The molecule has 4 nitrogen and oxygen atoms in total. The Morgan fingerprint density at radius 3 is 2.45 bits per heavy atom. The van der Waals surface area contributed by atoms with Crippen molar-refractivity contribution in [2.45, 2.75) is 25.1 Å². The standard InChI is InChI=1S/C10H7ClF5NO3/c11-2-5-4(1-7(18)19)8(9(12)13)6(3-17-5)20-10(14,15)16/h3,9H,1-2H2,(H,18,19). The number of alkyl halides is 6. The van der Waals surface area contributed by atoms with Gasteiger partial charge in [0, 0.05) is 0 Å². The van der Waals surface area contributed by atoms with Gasteiger partial charge in [-0.3, -0.25) is 9.78 Å². The van der Waals surface area contributed by atoms with Gasteiger partial charge in [0.05, 0.1) is 29.8 Å². The number of aromatic nitrogens is 1. The molecule has 10 heteroatoms. The summed E-state index contributed by atoms with van der Waals surface area (Å²) < 4.78 is 65.6.